The van der Waals surface area contributed by atoms with Gasteiger partial charge in [0.2, 0.25) is 0 Å². The zero-order valence-corrected chi connectivity index (χ0v) is 15.6. The predicted octanol–water partition coefficient (Wildman–Crippen LogP) is 1.93. The molecule has 0 saturated carbocycles. The van der Waals surface area contributed by atoms with Crippen LogP contribution < -0.4 is 5.73 Å². The first-order valence-electron chi connectivity index (χ1n) is 8.88. The number of nitrogens with two attached hydrogens (primary N) is 1. The van der Waals surface area contributed by atoms with Crippen LogP contribution in [0.5, 0.6) is 0 Å². The van der Waals surface area contributed by atoms with E-state index in [0.717, 1.165) is 16.7 Å². The van der Waals surface area contributed by atoms with Gasteiger partial charge < -0.3 is 20.1 Å². The maximum Gasteiger partial charge on any atom is 0.335 e. The van der Waals surface area contributed by atoms with E-state index in [0.29, 0.717) is 18.4 Å². The van der Waals surface area contributed by atoms with Crippen LogP contribution in [-0.4, -0.2) is 43.6 Å². The van der Waals surface area contributed by atoms with E-state index in [1.54, 1.807) is 6.20 Å². The normalized spacial score (nSPS) is 19.4. The third kappa shape index (κ3) is 4.28. The van der Waals surface area contributed by atoms with Gasteiger partial charge in [0, 0.05) is 25.4 Å². The monoisotopic (exact) mass is 368 g/mol. The lowest BCUT2D eigenvalue weighted by molar-refractivity contribution is -0.144. The molecule has 2 aliphatic rings. The van der Waals surface area contributed by atoms with E-state index in [9.17, 15) is 9.59 Å². The molecule has 0 spiro atoms. The lowest BCUT2D eigenvalue weighted by Gasteiger charge is -2.26. The second-order valence-electron chi connectivity index (χ2n) is 6.75. The van der Waals surface area contributed by atoms with Crippen molar-refractivity contribution < 1.29 is 19.1 Å². The maximum atomic E-state index is 12.3. The molecule has 6 heteroatoms. The van der Waals surface area contributed by atoms with Crippen LogP contribution in [0.1, 0.15) is 12.0 Å². The standard InChI is InChI=1S/C21H24N2O4/c1-23-11-17-15(8-9-16(17)18(12-23)20(24)26-2)13-27-21(25)19(22)10-14-6-4-3-5-7-14/h3-8,11-12,16,19H,9-10,13,22H2,1-2H3/t16-,19-/m0/s1. The van der Waals surface area contributed by atoms with Crippen molar-refractivity contribution >= 4 is 11.9 Å². The quantitative estimate of drug-likeness (QED) is 0.773. The number of carbonyl (C=O) groups is 2. The number of allylic oxidation sites excluding steroid dienone is 1. The first-order chi connectivity index (χ1) is 13.0. The number of hydrogen-bond acceptors (Lipinski definition) is 6. The molecule has 0 saturated heterocycles. The molecule has 1 heterocycles. The van der Waals surface area contributed by atoms with Gasteiger partial charge in [-0.1, -0.05) is 36.4 Å². The summed E-state index contributed by atoms with van der Waals surface area (Å²) < 4.78 is 10.3. The highest BCUT2D eigenvalue weighted by molar-refractivity contribution is 5.90. The summed E-state index contributed by atoms with van der Waals surface area (Å²) in [5, 5.41) is 0. The fourth-order valence-electron chi connectivity index (χ4n) is 3.42. The fourth-order valence-corrected chi connectivity index (χ4v) is 3.42. The minimum atomic E-state index is -0.710. The summed E-state index contributed by atoms with van der Waals surface area (Å²) in [6, 6.07) is 8.90. The Balaban J connectivity index is 1.59. The second-order valence-corrected chi connectivity index (χ2v) is 6.75. The van der Waals surface area contributed by atoms with Crippen molar-refractivity contribution in [2.45, 2.75) is 18.9 Å². The third-order valence-corrected chi connectivity index (χ3v) is 4.80. The number of carbonyl (C=O) groups excluding carboxylic acids is 2. The molecule has 0 fully saturated rings. The van der Waals surface area contributed by atoms with Gasteiger partial charge in [0.15, 0.2) is 0 Å². The van der Waals surface area contributed by atoms with Gasteiger partial charge in [-0.3, -0.25) is 4.79 Å². The molecule has 2 N–H and O–H groups in total. The molecule has 27 heavy (non-hydrogen) atoms. The Hall–Kier alpha value is -2.86. The van der Waals surface area contributed by atoms with Crippen LogP contribution in [0.4, 0.5) is 0 Å². The van der Waals surface area contributed by atoms with Crippen LogP contribution in [0.2, 0.25) is 0 Å². The van der Waals surface area contributed by atoms with Gasteiger partial charge in [-0.05, 0) is 29.6 Å². The molecular weight excluding hydrogens is 344 g/mol. The van der Waals surface area contributed by atoms with Crippen LogP contribution in [-0.2, 0) is 25.5 Å². The van der Waals surface area contributed by atoms with E-state index < -0.39 is 12.0 Å². The lowest BCUT2D eigenvalue weighted by atomic mass is 9.89. The van der Waals surface area contributed by atoms with Crippen LogP contribution in [0, 0.1) is 5.92 Å². The molecule has 1 aliphatic carbocycles. The van der Waals surface area contributed by atoms with E-state index in [1.807, 2.05) is 54.6 Å². The average molecular weight is 368 g/mol. The van der Waals surface area contributed by atoms with Crippen molar-refractivity contribution in [1.82, 2.24) is 4.90 Å². The summed E-state index contributed by atoms with van der Waals surface area (Å²) in [7, 11) is 3.23. The number of hydrogen-bond donors (Lipinski definition) is 1. The SMILES string of the molecule is COC(=O)C1=CN(C)C=C2C(COC(=O)[C@@H](N)Cc3ccccc3)=CC[C@H]12. The van der Waals surface area contributed by atoms with Crippen molar-refractivity contribution in [2.24, 2.45) is 11.7 Å². The third-order valence-electron chi connectivity index (χ3n) is 4.80. The van der Waals surface area contributed by atoms with E-state index in [4.69, 9.17) is 15.2 Å². The van der Waals surface area contributed by atoms with Crippen molar-refractivity contribution in [3.63, 3.8) is 0 Å². The van der Waals surface area contributed by atoms with Crippen LogP contribution in [0.25, 0.3) is 0 Å². The Bertz CT molecular complexity index is 811. The number of ether oxygens (including phenoxy) is 2. The smallest absolute Gasteiger partial charge is 0.335 e. The number of rotatable bonds is 6. The van der Waals surface area contributed by atoms with Gasteiger partial charge in [-0.2, -0.15) is 0 Å². The van der Waals surface area contributed by atoms with E-state index in [1.165, 1.54) is 7.11 Å². The molecule has 0 radical (unpaired) electrons. The molecule has 2 atom stereocenters. The number of methoxy groups -OCH3 is 1. The predicted molar refractivity (Wildman–Crippen MR) is 101 cm³/mol. The number of benzene rings is 1. The van der Waals surface area contributed by atoms with Crippen molar-refractivity contribution in [3.05, 3.63) is 71.1 Å². The van der Waals surface area contributed by atoms with Gasteiger partial charge in [-0.15, -0.1) is 0 Å². The molecule has 142 valence electrons. The van der Waals surface area contributed by atoms with Crippen molar-refractivity contribution in [3.8, 4) is 0 Å². The van der Waals surface area contributed by atoms with E-state index in [2.05, 4.69) is 0 Å². The molecule has 3 rings (SSSR count). The number of fused-ring (bicyclic) bond motifs is 1. The fraction of sp³-hybridized carbons (Fsp3) is 0.333. The lowest BCUT2D eigenvalue weighted by Crippen LogP contribution is -2.34. The molecule has 0 amide bonds. The van der Waals surface area contributed by atoms with Gasteiger partial charge in [0.25, 0.3) is 0 Å². The molecule has 1 aromatic carbocycles. The molecule has 0 unspecified atom stereocenters. The van der Waals surface area contributed by atoms with Crippen LogP contribution >= 0.6 is 0 Å². The second kappa shape index (κ2) is 8.22. The van der Waals surface area contributed by atoms with E-state index in [-0.39, 0.29) is 18.5 Å². The Morgan fingerprint density at radius 3 is 2.70 bits per heavy atom. The number of nitrogens with zero attached hydrogens (tertiary/aromatic N) is 1. The molecule has 0 bridgehead atoms. The summed E-state index contributed by atoms with van der Waals surface area (Å²) in [6.45, 7) is 0.145. The molecule has 1 aromatic rings. The topological polar surface area (TPSA) is 81.9 Å². The van der Waals surface area contributed by atoms with Gasteiger partial charge in [0.05, 0.1) is 12.7 Å². The zero-order chi connectivity index (χ0) is 19.4. The minimum Gasteiger partial charge on any atom is -0.466 e. The van der Waals surface area contributed by atoms with Crippen molar-refractivity contribution in [1.29, 1.82) is 0 Å². The highest BCUT2D eigenvalue weighted by Gasteiger charge is 2.34. The summed E-state index contributed by atoms with van der Waals surface area (Å²) in [5.74, 6) is -0.828. The van der Waals surface area contributed by atoms with E-state index >= 15 is 0 Å². The largest absolute Gasteiger partial charge is 0.466 e. The van der Waals surface area contributed by atoms with Gasteiger partial charge in [-0.25, -0.2) is 4.79 Å². The van der Waals surface area contributed by atoms with Crippen LogP contribution in [0.3, 0.4) is 0 Å². The van der Waals surface area contributed by atoms with Gasteiger partial charge >= 0.3 is 11.9 Å². The van der Waals surface area contributed by atoms with Crippen molar-refractivity contribution in [2.75, 3.05) is 20.8 Å². The first-order valence-corrected chi connectivity index (χ1v) is 8.88. The number of esters is 2. The average Bonchev–Trinajstić information content (AvgIpc) is 3.08. The summed E-state index contributed by atoms with van der Waals surface area (Å²) in [6.07, 6.45) is 6.85. The Morgan fingerprint density at radius 2 is 2.00 bits per heavy atom. The maximum absolute atomic E-state index is 12.3. The summed E-state index contributed by atoms with van der Waals surface area (Å²) >= 11 is 0. The molecule has 6 nitrogen and oxygen atoms in total. The Labute approximate surface area is 158 Å². The minimum absolute atomic E-state index is 0.0552. The Morgan fingerprint density at radius 1 is 1.26 bits per heavy atom. The molecule has 1 aliphatic heterocycles. The molecule has 0 aromatic heterocycles. The zero-order valence-electron chi connectivity index (χ0n) is 15.6. The first kappa shape index (κ1) is 18.9. The molecular formula is C21H24N2O4. The van der Waals surface area contributed by atoms with Gasteiger partial charge in [0.1, 0.15) is 12.6 Å². The highest BCUT2D eigenvalue weighted by atomic mass is 16.5. The highest BCUT2D eigenvalue weighted by Crippen LogP contribution is 2.39. The summed E-state index contributed by atoms with van der Waals surface area (Å²) in [4.78, 5) is 26.1. The Kier molecular flexibility index (Phi) is 5.76. The summed E-state index contributed by atoms with van der Waals surface area (Å²) in [5.41, 5.74) is 9.46. The van der Waals surface area contributed by atoms with Crippen LogP contribution in [0.15, 0.2) is 65.5 Å².